The number of phosphoric acid groups is 1. The molecule has 0 spiro atoms. The van der Waals surface area contributed by atoms with Crippen LogP contribution in [0.15, 0.2) is 0 Å². The van der Waals surface area contributed by atoms with E-state index in [0.717, 1.165) is 6.92 Å². The van der Waals surface area contributed by atoms with Crippen LogP contribution < -0.4 is 90.7 Å². The fourth-order valence-electron chi connectivity index (χ4n) is 0. The molecule has 0 saturated carbocycles. The Balaban J connectivity index is -0.0000000546. The Bertz CT molecular complexity index is 180. The third-order valence-corrected chi connectivity index (χ3v) is 0.301. The molecule has 0 radical (unpaired) electrons. The summed E-state index contributed by atoms with van der Waals surface area (Å²) < 4.78 is 8.66. The van der Waals surface area contributed by atoms with Gasteiger partial charge in [0.25, 0.3) is 0 Å². The first-order valence-electron chi connectivity index (χ1n) is 2.13. The van der Waals surface area contributed by atoms with Gasteiger partial charge in [-0.1, -0.05) is 0 Å². The molecule has 0 atom stereocenters. The van der Waals surface area contributed by atoms with E-state index in [2.05, 4.69) is 0 Å². The SMILES string of the molecule is CC(=O)C(=O)O.O=P([O-])([O-])O.[K+].[Na+]. The predicted molar refractivity (Wildman–Crippen MR) is 28.1 cm³/mol. The summed E-state index contributed by atoms with van der Waals surface area (Å²) in [4.78, 5) is 43.2. The van der Waals surface area contributed by atoms with Crippen molar-refractivity contribution >= 4 is 19.6 Å². The first kappa shape index (κ1) is 24.2. The Kier molecular flexibility index (Phi) is 22.3. The van der Waals surface area contributed by atoms with Crippen LogP contribution in [-0.4, -0.2) is 21.8 Å². The Morgan fingerprint density at radius 3 is 1.38 bits per heavy atom. The number of rotatable bonds is 1. The van der Waals surface area contributed by atoms with Crippen molar-refractivity contribution in [2.45, 2.75) is 6.92 Å². The smallest absolute Gasteiger partial charge is 0.790 e. The topological polar surface area (TPSA) is 138 Å². The predicted octanol–water partition coefficient (Wildman–Crippen LogP) is -8.52. The van der Waals surface area contributed by atoms with Gasteiger partial charge >= 0.3 is 86.9 Å². The van der Waals surface area contributed by atoms with Gasteiger partial charge < -0.3 is 24.4 Å². The maximum absolute atomic E-state index is 9.54. The summed E-state index contributed by atoms with van der Waals surface area (Å²) in [6.45, 7) is 1.00. The van der Waals surface area contributed by atoms with Crippen LogP contribution in [0.4, 0.5) is 0 Å². The summed E-state index contributed by atoms with van der Waals surface area (Å²) in [5.74, 6) is -2.20. The van der Waals surface area contributed by atoms with Gasteiger partial charge in [0.15, 0.2) is 0 Å². The van der Waals surface area contributed by atoms with Gasteiger partial charge in [0.1, 0.15) is 0 Å². The second-order valence-electron chi connectivity index (χ2n) is 1.33. The standard InChI is InChI=1S/C3H4O3.K.Na.H3O4P/c1-2(4)3(5)6;;;1-5(2,3)4/h1H3,(H,5,6);;;(H3,1,2,3,4)/q;2*+1;/p-2. The first-order chi connectivity index (χ1) is 4.64. The molecule has 0 amide bonds. The van der Waals surface area contributed by atoms with E-state index in [1.165, 1.54) is 0 Å². The summed E-state index contributed by atoms with van der Waals surface area (Å²) in [6, 6.07) is 0. The van der Waals surface area contributed by atoms with E-state index in [0.29, 0.717) is 0 Å². The van der Waals surface area contributed by atoms with Crippen molar-refractivity contribution in [3.63, 3.8) is 0 Å². The first-order valence-corrected chi connectivity index (χ1v) is 3.63. The maximum atomic E-state index is 9.54. The Morgan fingerprint density at radius 2 is 1.38 bits per heavy atom. The van der Waals surface area contributed by atoms with Crippen molar-refractivity contribution in [2.24, 2.45) is 0 Å². The van der Waals surface area contributed by atoms with Crippen molar-refractivity contribution < 1.29 is 115 Å². The number of ketones is 1. The minimum Gasteiger partial charge on any atom is -0.790 e. The van der Waals surface area contributed by atoms with E-state index in [4.69, 9.17) is 24.4 Å². The number of carboxylic acids is 1. The van der Waals surface area contributed by atoms with E-state index >= 15 is 0 Å². The largest absolute Gasteiger partial charge is 1.00 e. The molecule has 2 N–H and O–H groups in total. The number of carbonyl (C=O) groups excluding carboxylic acids is 1. The van der Waals surface area contributed by atoms with Crippen LogP contribution in [0.3, 0.4) is 0 Å². The molecular weight excluding hydrogens is 241 g/mol. The van der Waals surface area contributed by atoms with Crippen molar-refractivity contribution in [1.29, 1.82) is 0 Å². The molecule has 0 aliphatic carbocycles. The zero-order valence-electron chi connectivity index (χ0n) is 7.38. The van der Waals surface area contributed by atoms with Crippen LogP contribution in [0.2, 0.25) is 0 Å². The van der Waals surface area contributed by atoms with E-state index in [9.17, 15) is 9.59 Å². The summed E-state index contributed by atoms with van der Waals surface area (Å²) in [7, 11) is -5.14. The molecule has 0 heterocycles. The molecule has 0 unspecified atom stereocenters. The zero-order valence-corrected chi connectivity index (χ0v) is 13.4. The molecule has 0 saturated heterocycles. The fourth-order valence-corrected chi connectivity index (χ4v) is 0. The normalized spacial score (nSPS) is 8.00. The number of hydrogen-bond donors (Lipinski definition) is 2. The van der Waals surface area contributed by atoms with Gasteiger partial charge in [-0.15, -0.1) is 0 Å². The van der Waals surface area contributed by atoms with E-state index in [1.807, 2.05) is 0 Å². The minimum absolute atomic E-state index is 0. The third-order valence-electron chi connectivity index (χ3n) is 0.301. The number of aliphatic carboxylic acids is 1. The van der Waals surface area contributed by atoms with Gasteiger partial charge in [-0.25, -0.2) is 4.79 Å². The molecule has 0 aliphatic rings. The molecule has 0 aliphatic heterocycles. The van der Waals surface area contributed by atoms with Gasteiger partial charge in [-0.3, -0.25) is 4.79 Å². The molecule has 10 heteroatoms. The Labute approximate surface area is 139 Å². The van der Waals surface area contributed by atoms with Gasteiger partial charge in [-0.2, -0.15) is 0 Å². The summed E-state index contributed by atoms with van der Waals surface area (Å²) in [5, 5.41) is 7.64. The fraction of sp³-hybridized carbons (Fsp3) is 0.333. The zero-order chi connectivity index (χ0) is 9.65. The van der Waals surface area contributed by atoms with E-state index in [-0.39, 0.29) is 80.9 Å². The van der Waals surface area contributed by atoms with Crippen LogP contribution in [0.1, 0.15) is 6.92 Å². The average Bonchev–Trinajstić information content (AvgIpc) is 1.59. The van der Waals surface area contributed by atoms with Gasteiger partial charge in [0.05, 0.1) is 7.82 Å². The number of carboxylic acid groups (broad SMARTS) is 1. The van der Waals surface area contributed by atoms with Crippen molar-refractivity contribution in [3.05, 3.63) is 0 Å². The van der Waals surface area contributed by atoms with Crippen LogP contribution >= 0.6 is 7.82 Å². The molecule has 0 aromatic rings. The van der Waals surface area contributed by atoms with Crippen molar-refractivity contribution in [1.82, 2.24) is 0 Å². The van der Waals surface area contributed by atoms with Crippen molar-refractivity contribution in [2.75, 3.05) is 0 Å². The second kappa shape index (κ2) is 12.0. The van der Waals surface area contributed by atoms with Gasteiger partial charge in [0.2, 0.25) is 5.78 Å². The maximum Gasteiger partial charge on any atom is 1.00 e. The molecule has 0 fully saturated rings. The monoisotopic (exact) mass is 246 g/mol. The second-order valence-corrected chi connectivity index (χ2v) is 2.27. The number of carbonyl (C=O) groups is 2. The molecular formula is C3H5KNaO7P. The molecule has 0 aromatic heterocycles. The molecule has 7 nitrogen and oxygen atoms in total. The molecule has 13 heavy (non-hydrogen) atoms. The number of hydrogen-bond acceptors (Lipinski definition) is 5. The quantitative estimate of drug-likeness (QED) is 0.266. The molecule has 0 rings (SSSR count). The molecule has 0 bridgehead atoms. The van der Waals surface area contributed by atoms with Crippen LogP contribution in [0.25, 0.3) is 0 Å². The van der Waals surface area contributed by atoms with Gasteiger partial charge in [-0.05, 0) is 0 Å². The van der Waals surface area contributed by atoms with Crippen LogP contribution in [-0.2, 0) is 14.2 Å². The van der Waals surface area contributed by atoms with Crippen LogP contribution in [0.5, 0.6) is 0 Å². The molecule has 0 aromatic carbocycles. The Hall–Kier alpha value is 1.89. The number of Topliss-reactive ketones (excluding diaryl/α,β-unsaturated/α-hetero) is 1. The van der Waals surface area contributed by atoms with Gasteiger partial charge in [0, 0.05) is 6.92 Å². The van der Waals surface area contributed by atoms with Crippen LogP contribution in [0, 0.1) is 0 Å². The van der Waals surface area contributed by atoms with E-state index < -0.39 is 19.6 Å². The average molecular weight is 246 g/mol. The van der Waals surface area contributed by atoms with Crippen molar-refractivity contribution in [3.8, 4) is 0 Å². The Morgan fingerprint density at radius 1 is 1.31 bits per heavy atom. The minimum atomic E-state index is -5.14. The summed E-state index contributed by atoms with van der Waals surface area (Å²) in [6.07, 6.45) is 0. The third kappa shape index (κ3) is 56.6. The summed E-state index contributed by atoms with van der Waals surface area (Å²) in [5.41, 5.74) is 0. The van der Waals surface area contributed by atoms with E-state index in [1.54, 1.807) is 0 Å². The summed E-state index contributed by atoms with van der Waals surface area (Å²) >= 11 is 0. The molecule has 66 valence electrons.